The van der Waals surface area contributed by atoms with E-state index in [9.17, 15) is 0 Å². The average molecular weight is 194 g/mol. The fraction of sp³-hybridized carbons (Fsp3) is 0.800. The summed E-state index contributed by atoms with van der Waals surface area (Å²) < 4.78 is 2.18. The summed E-state index contributed by atoms with van der Waals surface area (Å²) in [6, 6.07) is 0.844. The zero-order valence-electron chi connectivity index (χ0n) is 8.85. The molecule has 1 atom stereocenters. The molecule has 4 nitrogen and oxygen atoms in total. The van der Waals surface area contributed by atoms with Crippen LogP contribution < -0.4 is 5.73 Å². The van der Waals surface area contributed by atoms with Crippen LogP contribution in [0.1, 0.15) is 38.6 Å². The van der Waals surface area contributed by atoms with Crippen LogP contribution in [-0.4, -0.2) is 20.8 Å². The molecule has 0 spiro atoms. The van der Waals surface area contributed by atoms with E-state index in [1.165, 1.54) is 12.8 Å². The van der Waals surface area contributed by atoms with Crippen LogP contribution in [0.4, 0.5) is 0 Å². The molecule has 1 aliphatic rings. The van der Waals surface area contributed by atoms with Crippen LogP contribution in [-0.2, 0) is 6.42 Å². The summed E-state index contributed by atoms with van der Waals surface area (Å²) in [5.74, 6) is 1.55. The largest absolute Gasteiger partial charge is 0.327 e. The van der Waals surface area contributed by atoms with E-state index in [0.717, 1.165) is 12.2 Å². The molecule has 4 heteroatoms. The normalized spacial score (nSPS) is 18.9. The lowest BCUT2D eigenvalue weighted by Crippen LogP contribution is -2.30. The zero-order valence-corrected chi connectivity index (χ0v) is 8.85. The number of aromatic nitrogens is 3. The number of nitrogens with two attached hydrogens (primary N) is 1. The first-order valence-electron chi connectivity index (χ1n) is 5.32. The molecule has 1 aliphatic carbocycles. The Morgan fingerprint density at radius 2 is 2.29 bits per heavy atom. The third-order valence-electron chi connectivity index (χ3n) is 2.86. The van der Waals surface area contributed by atoms with Gasteiger partial charge in [0.2, 0.25) is 0 Å². The van der Waals surface area contributed by atoms with Gasteiger partial charge in [0.15, 0.2) is 0 Å². The van der Waals surface area contributed by atoms with Crippen molar-refractivity contribution in [2.75, 3.05) is 0 Å². The van der Waals surface area contributed by atoms with Gasteiger partial charge >= 0.3 is 0 Å². The molecule has 1 fully saturated rings. The smallest absolute Gasteiger partial charge is 0.134 e. The number of hydrogen-bond acceptors (Lipinski definition) is 3. The van der Waals surface area contributed by atoms with E-state index in [4.69, 9.17) is 5.73 Å². The first kappa shape index (κ1) is 9.65. The second-order valence-electron chi connectivity index (χ2n) is 4.50. The van der Waals surface area contributed by atoms with Crippen molar-refractivity contribution in [3.05, 3.63) is 12.2 Å². The number of nitrogens with zero attached hydrogens (tertiary/aromatic N) is 3. The molecular formula is C10H18N4. The van der Waals surface area contributed by atoms with E-state index in [0.29, 0.717) is 12.0 Å². The van der Waals surface area contributed by atoms with Gasteiger partial charge < -0.3 is 10.3 Å². The summed E-state index contributed by atoms with van der Waals surface area (Å²) in [6.07, 6.45) is 5.21. The molecule has 0 bridgehead atoms. The van der Waals surface area contributed by atoms with Gasteiger partial charge in [-0.25, -0.2) is 0 Å². The predicted molar refractivity (Wildman–Crippen MR) is 54.8 cm³/mol. The van der Waals surface area contributed by atoms with Crippen molar-refractivity contribution in [1.29, 1.82) is 0 Å². The van der Waals surface area contributed by atoms with E-state index in [-0.39, 0.29) is 6.04 Å². The van der Waals surface area contributed by atoms with Crippen LogP contribution in [0.25, 0.3) is 0 Å². The Morgan fingerprint density at radius 3 is 2.86 bits per heavy atom. The molecule has 78 valence electrons. The highest BCUT2D eigenvalue weighted by atomic mass is 15.3. The third-order valence-corrected chi connectivity index (χ3v) is 2.86. The van der Waals surface area contributed by atoms with Gasteiger partial charge in [-0.2, -0.15) is 0 Å². The van der Waals surface area contributed by atoms with Gasteiger partial charge in [0, 0.05) is 18.5 Å². The Morgan fingerprint density at radius 1 is 1.57 bits per heavy atom. The fourth-order valence-electron chi connectivity index (χ4n) is 1.52. The molecule has 1 heterocycles. The van der Waals surface area contributed by atoms with Crippen molar-refractivity contribution in [1.82, 2.24) is 14.8 Å². The molecule has 0 aliphatic heterocycles. The van der Waals surface area contributed by atoms with Crippen molar-refractivity contribution < 1.29 is 0 Å². The third kappa shape index (κ3) is 1.95. The zero-order chi connectivity index (χ0) is 10.1. The molecule has 0 amide bonds. The van der Waals surface area contributed by atoms with Crippen LogP contribution in [0.15, 0.2) is 6.33 Å². The molecule has 0 aromatic carbocycles. The van der Waals surface area contributed by atoms with Crippen molar-refractivity contribution in [2.45, 2.75) is 45.2 Å². The molecule has 0 radical (unpaired) electrons. The SMILES string of the molecule is CC(C)C(N)Cc1nncn1C1CC1. The molecule has 2 N–H and O–H groups in total. The standard InChI is InChI=1S/C10H18N4/c1-7(2)9(11)5-10-13-12-6-14(10)8-3-4-8/h6-9H,3-5,11H2,1-2H3. The van der Waals surface area contributed by atoms with Gasteiger partial charge in [0.05, 0.1) is 0 Å². The Kier molecular flexibility index (Phi) is 2.54. The quantitative estimate of drug-likeness (QED) is 0.782. The van der Waals surface area contributed by atoms with Gasteiger partial charge in [-0.15, -0.1) is 10.2 Å². The molecule has 1 unspecified atom stereocenters. The number of rotatable bonds is 4. The van der Waals surface area contributed by atoms with Crippen LogP contribution in [0, 0.1) is 5.92 Å². The molecule has 1 aromatic heterocycles. The first-order valence-corrected chi connectivity index (χ1v) is 5.32. The maximum atomic E-state index is 6.02. The van der Waals surface area contributed by atoms with E-state index < -0.39 is 0 Å². The number of hydrogen-bond donors (Lipinski definition) is 1. The van der Waals surface area contributed by atoms with Gasteiger partial charge in [-0.05, 0) is 18.8 Å². The van der Waals surface area contributed by atoms with E-state index in [1.807, 2.05) is 6.33 Å². The summed E-state index contributed by atoms with van der Waals surface area (Å²) in [7, 11) is 0. The maximum absolute atomic E-state index is 6.02. The second kappa shape index (κ2) is 3.69. The van der Waals surface area contributed by atoms with E-state index in [2.05, 4.69) is 28.6 Å². The van der Waals surface area contributed by atoms with Gasteiger partial charge in [-0.3, -0.25) is 0 Å². The Hall–Kier alpha value is -0.900. The summed E-state index contributed by atoms with van der Waals surface area (Å²) in [4.78, 5) is 0. The molecule has 0 saturated heterocycles. The monoisotopic (exact) mass is 194 g/mol. The van der Waals surface area contributed by atoms with Crippen LogP contribution in [0.3, 0.4) is 0 Å². The molecule has 2 rings (SSSR count). The summed E-state index contributed by atoms with van der Waals surface area (Å²) in [6.45, 7) is 4.28. The summed E-state index contributed by atoms with van der Waals surface area (Å²) in [5, 5.41) is 8.09. The van der Waals surface area contributed by atoms with Crippen LogP contribution in [0.5, 0.6) is 0 Å². The van der Waals surface area contributed by atoms with Crippen LogP contribution >= 0.6 is 0 Å². The predicted octanol–water partition coefficient (Wildman–Crippen LogP) is 1.14. The maximum Gasteiger partial charge on any atom is 0.134 e. The highest BCUT2D eigenvalue weighted by molar-refractivity contribution is 4.97. The van der Waals surface area contributed by atoms with Crippen LogP contribution in [0.2, 0.25) is 0 Å². The lowest BCUT2D eigenvalue weighted by atomic mass is 10.0. The summed E-state index contributed by atoms with van der Waals surface area (Å²) >= 11 is 0. The molecule has 14 heavy (non-hydrogen) atoms. The van der Waals surface area contributed by atoms with E-state index >= 15 is 0 Å². The Labute approximate surface area is 84.5 Å². The minimum atomic E-state index is 0.191. The van der Waals surface area contributed by atoms with Crippen molar-refractivity contribution >= 4 is 0 Å². The minimum Gasteiger partial charge on any atom is -0.327 e. The Balaban J connectivity index is 2.04. The summed E-state index contributed by atoms with van der Waals surface area (Å²) in [5.41, 5.74) is 6.02. The molecular weight excluding hydrogens is 176 g/mol. The topological polar surface area (TPSA) is 56.7 Å². The van der Waals surface area contributed by atoms with Crippen molar-refractivity contribution in [3.63, 3.8) is 0 Å². The van der Waals surface area contributed by atoms with Crippen molar-refractivity contribution in [3.8, 4) is 0 Å². The Bertz CT molecular complexity index is 301. The van der Waals surface area contributed by atoms with Crippen molar-refractivity contribution in [2.24, 2.45) is 11.7 Å². The van der Waals surface area contributed by atoms with Gasteiger partial charge in [-0.1, -0.05) is 13.8 Å². The molecule has 1 aromatic rings. The molecule has 1 saturated carbocycles. The lowest BCUT2D eigenvalue weighted by molar-refractivity contribution is 0.471. The average Bonchev–Trinajstić information content (AvgIpc) is 2.88. The van der Waals surface area contributed by atoms with Gasteiger partial charge in [0.25, 0.3) is 0 Å². The first-order chi connectivity index (χ1) is 6.68. The highest BCUT2D eigenvalue weighted by Gasteiger charge is 2.26. The second-order valence-corrected chi connectivity index (χ2v) is 4.50. The fourth-order valence-corrected chi connectivity index (χ4v) is 1.52. The lowest BCUT2D eigenvalue weighted by Gasteiger charge is -2.15. The van der Waals surface area contributed by atoms with E-state index in [1.54, 1.807) is 0 Å². The highest BCUT2D eigenvalue weighted by Crippen LogP contribution is 2.35. The minimum absolute atomic E-state index is 0.191. The van der Waals surface area contributed by atoms with Gasteiger partial charge in [0.1, 0.15) is 12.2 Å².